The molecule has 5 nitrogen and oxygen atoms in total. The van der Waals surface area contributed by atoms with Crippen molar-refractivity contribution in [3.05, 3.63) is 53.3 Å². The number of carbonyl (C=O) groups is 1. The van der Waals surface area contributed by atoms with Gasteiger partial charge in [0.25, 0.3) is 5.91 Å². The smallest absolute Gasteiger partial charge is 0.274 e. The molecule has 0 spiro atoms. The molecule has 0 aliphatic carbocycles. The lowest BCUT2D eigenvalue weighted by Gasteiger charge is -2.13. The number of pyridine rings is 1. The van der Waals surface area contributed by atoms with Crippen LogP contribution in [0.1, 0.15) is 35.0 Å². The minimum atomic E-state index is -0.190. The lowest BCUT2D eigenvalue weighted by atomic mass is 10.1. The van der Waals surface area contributed by atoms with E-state index in [0.29, 0.717) is 5.69 Å². The molecule has 0 fully saturated rings. The molecule has 128 valence electrons. The summed E-state index contributed by atoms with van der Waals surface area (Å²) in [7, 11) is 1.69. The predicted octanol–water partition coefficient (Wildman–Crippen LogP) is 3.65. The topological polar surface area (TPSA) is 63.2 Å². The number of carbonyl (C=O) groups excluding carboxylic acids is 1. The van der Waals surface area contributed by atoms with Gasteiger partial charge >= 0.3 is 0 Å². The molecule has 1 amide bonds. The maximum Gasteiger partial charge on any atom is 0.274 e. The third-order valence-corrected chi connectivity index (χ3v) is 3.83. The fraction of sp³-hybridized carbons (Fsp3) is 0.368. The van der Waals surface area contributed by atoms with Gasteiger partial charge in [0.15, 0.2) is 0 Å². The number of aryl methyl sites for hydroxylation is 2. The number of anilines is 2. The van der Waals surface area contributed by atoms with E-state index in [4.69, 9.17) is 4.74 Å². The van der Waals surface area contributed by atoms with Gasteiger partial charge in [0.1, 0.15) is 5.69 Å². The number of rotatable bonds is 8. The molecule has 0 radical (unpaired) electrons. The van der Waals surface area contributed by atoms with Crippen molar-refractivity contribution in [2.75, 3.05) is 30.9 Å². The van der Waals surface area contributed by atoms with Crippen LogP contribution < -0.4 is 10.6 Å². The number of nitrogens with one attached hydrogen (secondary N) is 2. The maximum absolute atomic E-state index is 12.4. The summed E-state index contributed by atoms with van der Waals surface area (Å²) in [6, 6.07) is 9.63. The van der Waals surface area contributed by atoms with Crippen molar-refractivity contribution in [3.63, 3.8) is 0 Å². The summed E-state index contributed by atoms with van der Waals surface area (Å²) in [6.45, 7) is 5.60. The quantitative estimate of drug-likeness (QED) is 0.726. The van der Waals surface area contributed by atoms with Crippen molar-refractivity contribution < 1.29 is 9.53 Å². The van der Waals surface area contributed by atoms with Crippen LogP contribution in [0, 0.1) is 6.92 Å². The molecule has 0 saturated heterocycles. The zero-order valence-corrected chi connectivity index (χ0v) is 14.6. The van der Waals surface area contributed by atoms with Gasteiger partial charge in [-0.25, -0.2) is 4.98 Å². The first kappa shape index (κ1) is 17.9. The molecular formula is C19H25N3O2. The van der Waals surface area contributed by atoms with Crippen molar-refractivity contribution in [2.45, 2.75) is 26.7 Å². The largest absolute Gasteiger partial charge is 0.385 e. The number of benzene rings is 1. The first-order valence-electron chi connectivity index (χ1n) is 8.24. The van der Waals surface area contributed by atoms with Gasteiger partial charge < -0.3 is 15.4 Å². The Bertz CT molecular complexity index is 669. The molecule has 2 N–H and O–H groups in total. The lowest BCUT2D eigenvalue weighted by Crippen LogP contribution is -2.16. The van der Waals surface area contributed by atoms with Crippen molar-refractivity contribution in [3.8, 4) is 0 Å². The Morgan fingerprint density at radius 3 is 2.75 bits per heavy atom. The third-order valence-electron chi connectivity index (χ3n) is 3.83. The van der Waals surface area contributed by atoms with Gasteiger partial charge in [-0.15, -0.1) is 0 Å². The molecule has 24 heavy (non-hydrogen) atoms. The normalized spacial score (nSPS) is 10.5. The highest BCUT2D eigenvalue weighted by molar-refractivity contribution is 6.03. The van der Waals surface area contributed by atoms with Gasteiger partial charge in [0.2, 0.25) is 0 Å². The number of para-hydroxylation sites is 1. The predicted molar refractivity (Wildman–Crippen MR) is 97.7 cm³/mol. The minimum absolute atomic E-state index is 0.190. The van der Waals surface area contributed by atoms with Crippen LogP contribution in [0.5, 0.6) is 0 Å². The van der Waals surface area contributed by atoms with Gasteiger partial charge in [-0.3, -0.25) is 4.79 Å². The summed E-state index contributed by atoms with van der Waals surface area (Å²) < 4.78 is 5.01. The van der Waals surface area contributed by atoms with Crippen LogP contribution in [-0.2, 0) is 11.2 Å². The van der Waals surface area contributed by atoms with Gasteiger partial charge in [0, 0.05) is 25.9 Å². The molecule has 1 heterocycles. The highest BCUT2D eigenvalue weighted by Crippen LogP contribution is 2.21. The van der Waals surface area contributed by atoms with Crippen molar-refractivity contribution >= 4 is 17.3 Å². The Morgan fingerprint density at radius 2 is 2.08 bits per heavy atom. The van der Waals surface area contributed by atoms with Crippen LogP contribution in [0.2, 0.25) is 0 Å². The highest BCUT2D eigenvalue weighted by atomic mass is 16.5. The maximum atomic E-state index is 12.4. The number of amides is 1. The van der Waals surface area contributed by atoms with E-state index in [2.05, 4.69) is 22.5 Å². The number of aromatic nitrogens is 1. The Morgan fingerprint density at radius 1 is 1.25 bits per heavy atom. The van der Waals surface area contributed by atoms with E-state index in [1.54, 1.807) is 19.4 Å². The number of ether oxygens (including phenoxy) is 1. The van der Waals surface area contributed by atoms with E-state index in [1.165, 1.54) is 0 Å². The first-order chi connectivity index (χ1) is 11.7. The van der Waals surface area contributed by atoms with E-state index in [0.717, 1.165) is 48.5 Å². The Hall–Kier alpha value is -2.40. The molecular weight excluding hydrogens is 302 g/mol. The summed E-state index contributed by atoms with van der Waals surface area (Å²) >= 11 is 0. The monoisotopic (exact) mass is 327 g/mol. The lowest BCUT2D eigenvalue weighted by molar-refractivity contribution is 0.102. The molecule has 0 unspecified atom stereocenters. The average molecular weight is 327 g/mol. The Balaban J connectivity index is 2.00. The van der Waals surface area contributed by atoms with Crippen molar-refractivity contribution in [1.82, 2.24) is 4.98 Å². The summed E-state index contributed by atoms with van der Waals surface area (Å²) in [5, 5.41) is 6.24. The zero-order chi connectivity index (χ0) is 17.4. The number of hydrogen-bond acceptors (Lipinski definition) is 4. The second-order valence-corrected chi connectivity index (χ2v) is 5.62. The number of hydrogen-bond donors (Lipinski definition) is 2. The summed E-state index contributed by atoms with van der Waals surface area (Å²) in [5.74, 6) is -0.190. The summed E-state index contributed by atoms with van der Waals surface area (Å²) in [5.41, 5.74) is 4.36. The second-order valence-electron chi connectivity index (χ2n) is 5.62. The van der Waals surface area contributed by atoms with Gasteiger partial charge in [-0.2, -0.15) is 0 Å². The first-order valence-corrected chi connectivity index (χ1v) is 8.24. The van der Waals surface area contributed by atoms with Crippen molar-refractivity contribution in [1.29, 1.82) is 0 Å². The van der Waals surface area contributed by atoms with E-state index in [1.807, 2.05) is 31.2 Å². The standard InChI is InChI=1S/C19H25N3O2/c1-4-15-8-5-7-14(2)18(15)22-19(23)17-10-9-16(13-21-17)20-11-6-12-24-3/h5,7-10,13,20H,4,6,11-12H2,1-3H3,(H,22,23). The minimum Gasteiger partial charge on any atom is -0.385 e. The van der Waals surface area contributed by atoms with Crippen LogP contribution in [-0.4, -0.2) is 31.2 Å². The molecule has 0 aliphatic heterocycles. The molecule has 2 rings (SSSR count). The molecule has 0 saturated carbocycles. The summed E-state index contributed by atoms with van der Waals surface area (Å²) in [6.07, 6.45) is 3.47. The van der Waals surface area contributed by atoms with E-state index in [-0.39, 0.29) is 5.91 Å². The second kappa shape index (κ2) is 9.03. The molecule has 0 bridgehead atoms. The average Bonchev–Trinajstić information content (AvgIpc) is 2.61. The summed E-state index contributed by atoms with van der Waals surface area (Å²) in [4.78, 5) is 16.7. The number of nitrogens with zero attached hydrogens (tertiary/aromatic N) is 1. The molecule has 5 heteroatoms. The van der Waals surface area contributed by atoms with Crippen molar-refractivity contribution in [2.24, 2.45) is 0 Å². The Kier molecular flexibility index (Phi) is 6.75. The van der Waals surface area contributed by atoms with Crippen LogP contribution in [0.4, 0.5) is 11.4 Å². The van der Waals surface area contributed by atoms with Crippen LogP contribution >= 0.6 is 0 Å². The number of methoxy groups -OCH3 is 1. The SMILES string of the molecule is CCc1cccc(C)c1NC(=O)c1ccc(NCCCOC)cn1. The van der Waals surface area contributed by atoms with E-state index >= 15 is 0 Å². The highest BCUT2D eigenvalue weighted by Gasteiger charge is 2.11. The molecule has 0 atom stereocenters. The molecule has 0 aliphatic rings. The zero-order valence-electron chi connectivity index (χ0n) is 14.6. The molecule has 1 aromatic carbocycles. The van der Waals surface area contributed by atoms with Crippen LogP contribution in [0.15, 0.2) is 36.5 Å². The van der Waals surface area contributed by atoms with Crippen LogP contribution in [0.25, 0.3) is 0 Å². The van der Waals surface area contributed by atoms with E-state index < -0.39 is 0 Å². The van der Waals surface area contributed by atoms with E-state index in [9.17, 15) is 4.79 Å². The molecule has 2 aromatic rings. The molecule has 1 aromatic heterocycles. The fourth-order valence-electron chi connectivity index (χ4n) is 2.46. The third kappa shape index (κ3) is 4.80. The van der Waals surface area contributed by atoms with Gasteiger partial charge in [0.05, 0.1) is 11.9 Å². The van der Waals surface area contributed by atoms with Gasteiger partial charge in [-0.05, 0) is 43.0 Å². The Labute approximate surface area is 143 Å². The van der Waals surface area contributed by atoms with Crippen LogP contribution in [0.3, 0.4) is 0 Å². The fourth-order valence-corrected chi connectivity index (χ4v) is 2.46. The van der Waals surface area contributed by atoms with Gasteiger partial charge in [-0.1, -0.05) is 25.1 Å².